The average Bonchev–Trinajstić information content (AvgIpc) is 2.72. The second-order valence-corrected chi connectivity index (χ2v) is 15.0. The molecule has 8 atom stereocenters. The number of hydrogen-bond acceptors (Lipinski definition) is 3. The van der Waals surface area contributed by atoms with Crippen LogP contribution >= 0.6 is 0 Å². The molecule has 5 rings (SSSR count). The number of carbonyl (C=O) groups excluding carboxylic acids is 1. The summed E-state index contributed by atoms with van der Waals surface area (Å²) in [5.41, 5.74) is 0.408. The first-order valence-corrected chi connectivity index (χ1v) is 13.7. The molecule has 4 saturated carbocycles. The maximum Gasteiger partial charge on any atom is 0.310 e. The van der Waals surface area contributed by atoms with Crippen molar-refractivity contribution < 1.29 is 19.8 Å². The Bertz CT molecular complexity index is 961. The van der Waals surface area contributed by atoms with E-state index in [2.05, 4.69) is 54.5 Å². The van der Waals surface area contributed by atoms with Crippen molar-refractivity contribution in [2.75, 3.05) is 0 Å². The van der Waals surface area contributed by atoms with E-state index in [-0.39, 0.29) is 39.3 Å². The number of Topliss-reactive ketones (excluding diaryl/α,β-unsaturated/α-hetero) is 1. The van der Waals surface area contributed by atoms with E-state index >= 15 is 0 Å². The molecule has 4 heteroatoms. The van der Waals surface area contributed by atoms with Gasteiger partial charge in [0.15, 0.2) is 5.78 Å². The quantitative estimate of drug-likeness (QED) is 0.434. The maximum atomic E-state index is 13.0. The summed E-state index contributed by atoms with van der Waals surface area (Å²) in [6.45, 7) is 16.0. The van der Waals surface area contributed by atoms with Crippen LogP contribution in [0.15, 0.2) is 11.6 Å². The Labute approximate surface area is 206 Å². The molecule has 5 aliphatic rings. The molecule has 190 valence electrons. The first kappa shape index (κ1) is 24.5. The van der Waals surface area contributed by atoms with Crippen molar-refractivity contribution in [3.63, 3.8) is 0 Å². The van der Waals surface area contributed by atoms with Crippen molar-refractivity contribution in [2.45, 2.75) is 112 Å². The lowest BCUT2D eigenvalue weighted by Gasteiger charge is -2.70. The van der Waals surface area contributed by atoms with Gasteiger partial charge in [-0.15, -0.1) is 0 Å². The lowest BCUT2D eigenvalue weighted by Crippen LogP contribution is -2.66. The summed E-state index contributed by atoms with van der Waals surface area (Å²) in [5, 5.41) is 21.4. The fourth-order valence-corrected chi connectivity index (χ4v) is 10.6. The molecule has 0 aromatic carbocycles. The Morgan fingerprint density at radius 3 is 2.21 bits per heavy atom. The van der Waals surface area contributed by atoms with Crippen LogP contribution in [-0.2, 0) is 9.59 Å². The van der Waals surface area contributed by atoms with Crippen LogP contribution < -0.4 is 0 Å². The molecule has 4 nitrogen and oxygen atoms in total. The Morgan fingerprint density at radius 1 is 0.912 bits per heavy atom. The molecule has 0 aliphatic heterocycles. The van der Waals surface area contributed by atoms with Gasteiger partial charge in [-0.05, 0) is 97.2 Å². The molecule has 0 amide bonds. The van der Waals surface area contributed by atoms with Gasteiger partial charge in [-0.1, -0.05) is 60.1 Å². The Morgan fingerprint density at radius 2 is 1.56 bits per heavy atom. The van der Waals surface area contributed by atoms with Gasteiger partial charge in [-0.25, -0.2) is 0 Å². The molecule has 4 fully saturated rings. The van der Waals surface area contributed by atoms with E-state index in [0.29, 0.717) is 12.3 Å². The van der Waals surface area contributed by atoms with Crippen LogP contribution in [0.5, 0.6) is 0 Å². The predicted octanol–water partition coefficient (Wildman–Crippen LogP) is 6.41. The first-order chi connectivity index (χ1) is 15.6. The van der Waals surface area contributed by atoms with Crippen LogP contribution in [0.4, 0.5) is 0 Å². The molecule has 0 spiro atoms. The zero-order valence-electron chi connectivity index (χ0n) is 22.5. The Balaban J connectivity index is 1.61. The lowest BCUT2D eigenvalue weighted by molar-refractivity contribution is -0.200. The second kappa shape index (κ2) is 6.99. The van der Waals surface area contributed by atoms with E-state index in [4.69, 9.17) is 0 Å². The summed E-state index contributed by atoms with van der Waals surface area (Å²) in [6.07, 6.45) is 9.62. The zero-order chi connectivity index (χ0) is 25.1. The van der Waals surface area contributed by atoms with E-state index in [9.17, 15) is 19.8 Å². The molecule has 0 bridgehead atoms. The minimum Gasteiger partial charge on any atom is -0.481 e. The fourth-order valence-electron chi connectivity index (χ4n) is 10.6. The second-order valence-electron chi connectivity index (χ2n) is 15.0. The van der Waals surface area contributed by atoms with Gasteiger partial charge in [-0.3, -0.25) is 9.59 Å². The highest BCUT2D eigenvalue weighted by Crippen LogP contribution is 2.75. The SMILES string of the molecule is CC1(C)CCC2(C(=O)O)CCC3(C)C(=CCC4C5(C)CC(O)C(=O)C(C)(C)C5CCC43C)C2C1. The van der Waals surface area contributed by atoms with Crippen molar-refractivity contribution in [3.8, 4) is 0 Å². The Hall–Kier alpha value is -1.16. The number of hydrogen-bond donors (Lipinski definition) is 2. The van der Waals surface area contributed by atoms with Crippen LogP contribution in [0.1, 0.15) is 106 Å². The molecule has 0 heterocycles. The van der Waals surface area contributed by atoms with Gasteiger partial charge in [0.25, 0.3) is 0 Å². The highest BCUT2D eigenvalue weighted by atomic mass is 16.4. The number of aliphatic hydroxyl groups is 1. The monoisotopic (exact) mass is 470 g/mol. The summed E-state index contributed by atoms with van der Waals surface area (Å²) in [6, 6.07) is 0. The van der Waals surface area contributed by atoms with E-state index in [0.717, 1.165) is 51.4 Å². The van der Waals surface area contributed by atoms with Gasteiger partial charge in [0.05, 0.1) is 5.41 Å². The first-order valence-electron chi connectivity index (χ1n) is 13.7. The summed E-state index contributed by atoms with van der Waals surface area (Å²) in [7, 11) is 0. The van der Waals surface area contributed by atoms with E-state index in [1.54, 1.807) is 0 Å². The van der Waals surface area contributed by atoms with Gasteiger partial charge < -0.3 is 10.2 Å². The van der Waals surface area contributed by atoms with Crippen molar-refractivity contribution in [3.05, 3.63) is 11.6 Å². The van der Waals surface area contributed by atoms with E-state index < -0.39 is 22.9 Å². The lowest BCUT2D eigenvalue weighted by atomic mass is 9.33. The van der Waals surface area contributed by atoms with Gasteiger partial charge in [0.2, 0.25) is 0 Å². The molecular weight excluding hydrogens is 424 g/mol. The van der Waals surface area contributed by atoms with Crippen LogP contribution in [0.25, 0.3) is 0 Å². The van der Waals surface area contributed by atoms with Gasteiger partial charge in [0, 0.05) is 5.41 Å². The molecule has 0 saturated heterocycles. The van der Waals surface area contributed by atoms with Gasteiger partial charge in [0.1, 0.15) is 6.10 Å². The molecule has 0 radical (unpaired) electrons. The molecule has 2 N–H and O–H groups in total. The van der Waals surface area contributed by atoms with Crippen molar-refractivity contribution in [2.24, 2.45) is 50.2 Å². The highest BCUT2D eigenvalue weighted by molar-refractivity contribution is 5.89. The Kier molecular flexibility index (Phi) is 5.04. The van der Waals surface area contributed by atoms with Gasteiger partial charge >= 0.3 is 5.97 Å². The number of fused-ring (bicyclic) bond motifs is 7. The largest absolute Gasteiger partial charge is 0.481 e. The number of carbonyl (C=O) groups is 2. The number of aliphatic carboxylic acids is 1. The number of carboxylic acids is 1. The third-order valence-corrected chi connectivity index (χ3v) is 12.8. The van der Waals surface area contributed by atoms with Crippen LogP contribution in [0.3, 0.4) is 0 Å². The summed E-state index contributed by atoms with van der Waals surface area (Å²) >= 11 is 0. The summed E-state index contributed by atoms with van der Waals surface area (Å²) in [4.78, 5) is 25.7. The summed E-state index contributed by atoms with van der Waals surface area (Å²) in [5.74, 6) is 0.219. The molecule has 8 unspecified atom stereocenters. The number of rotatable bonds is 1. The standard InChI is InChI=1S/C30H46O4/c1-25(2)12-14-30(24(33)34)15-13-28(6)18(19(30)16-25)8-9-22-27(5)17-20(31)23(32)26(3,4)21(27)10-11-29(22,28)7/h8,19-22,31H,9-17H2,1-7H3,(H,33,34). The number of carboxylic acid groups (broad SMARTS) is 1. The maximum absolute atomic E-state index is 13.0. The van der Waals surface area contributed by atoms with E-state index in [1.807, 2.05) is 0 Å². The minimum absolute atomic E-state index is 0.0187. The third-order valence-electron chi connectivity index (χ3n) is 12.8. The van der Waals surface area contributed by atoms with E-state index in [1.165, 1.54) is 5.57 Å². The number of aliphatic hydroxyl groups excluding tert-OH is 1. The predicted molar refractivity (Wildman–Crippen MR) is 133 cm³/mol. The van der Waals surface area contributed by atoms with Crippen molar-refractivity contribution in [1.29, 1.82) is 0 Å². The molecular formula is C30H46O4. The zero-order valence-corrected chi connectivity index (χ0v) is 22.5. The summed E-state index contributed by atoms with van der Waals surface area (Å²) < 4.78 is 0. The third kappa shape index (κ3) is 2.81. The van der Waals surface area contributed by atoms with Crippen LogP contribution in [-0.4, -0.2) is 28.1 Å². The van der Waals surface area contributed by atoms with Crippen LogP contribution in [0, 0.1) is 50.2 Å². The smallest absolute Gasteiger partial charge is 0.310 e. The molecule has 34 heavy (non-hydrogen) atoms. The normalized spacial score (nSPS) is 51.3. The number of allylic oxidation sites excluding steroid dienone is 2. The number of ketones is 1. The van der Waals surface area contributed by atoms with Crippen molar-refractivity contribution in [1.82, 2.24) is 0 Å². The molecule has 0 aromatic rings. The topological polar surface area (TPSA) is 74.6 Å². The van der Waals surface area contributed by atoms with Gasteiger partial charge in [-0.2, -0.15) is 0 Å². The molecule has 5 aliphatic carbocycles. The highest BCUT2D eigenvalue weighted by Gasteiger charge is 2.70. The van der Waals surface area contributed by atoms with Crippen molar-refractivity contribution >= 4 is 11.8 Å². The average molecular weight is 471 g/mol. The molecule has 0 aromatic heterocycles. The minimum atomic E-state index is -0.873. The van der Waals surface area contributed by atoms with Crippen LogP contribution in [0.2, 0.25) is 0 Å². The fraction of sp³-hybridized carbons (Fsp3) is 0.867.